The van der Waals surface area contributed by atoms with E-state index in [9.17, 15) is 14.4 Å². The fourth-order valence-corrected chi connectivity index (χ4v) is 5.71. The first kappa shape index (κ1) is 33.6. The number of Topliss-reactive ketones (excluding diaryl/α,β-unsaturated/α-hetero) is 2. The van der Waals surface area contributed by atoms with Gasteiger partial charge in [-0.15, -0.1) is 0 Å². The smallest absolute Gasteiger partial charge is 0.407 e. The normalized spacial score (nSPS) is 21.3. The summed E-state index contributed by atoms with van der Waals surface area (Å²) in [5.41, 5.74) is 3.76. The Morgan fingerprint density at radius 1 is 0.905 bits per heavy atom. The van der Waals surface area contributed by atoms with Crippen molar-refractivity contribution in [2.75, 3.05) is 19.8 Å². The second kappa shape index (κ2) is 15.0. The van der Waals surface area contributed by atoms with Crippen LogP contribution in [0.4, 0.5) is 4.79 Å². The van der Waals surface area contributed by atoms with E-state index in [2.05, 4.69) is 48.4 Å². The minimum atomic E-state index is -0.427. The van der Waals surface area contributed by atoms with E-state index in [0.29, 0.717) is 39.0 Å². The topological polar surface area (TPSA) is 106 Å². The number of ketones is 2. The maximum absolute atomic E-state index is 12.4. The number of hydrogen-bond donors (Lipinski definition) is 1. The quantitative estimate of drug-likeness (QED) is 0.292. The Morgan fingerprint density at radius 2 is 1.62 bits per heavy atom. The molecule has 1 amide bonds. The first-order chi connectivity index (χ1) is 19.7. The minimum absolute atomic E-state index is 0.00503. The lowest BCUT2D eigenvalue weighted by molar-refractivity contribution is -0.127. The van der Waals surface area contributed by atoms with Crippen molar-refractivity contribution in [1.82, 2.24) is 5.32 Å². The van der Waals surface area contributed by atoms with E-state index in [1.807, 2.05) is 39.8 Å². The van der Waals surface area contributed by atoms with E-state index in [0.717, 1.165) is 54.7 Å². The first-order valence-corrected chi connectivity index (χ1v) is 15.5. The van der Waals surface area contributed by atoms with Crippen LogP contribution in [0.1, 0.15) is 105 Å². The minimum Gasteiger partial charge on any atom is -0.446 e. The van der Waals surface area contributed by atoms with Crippen LogP contribution in [0.5, 0.6) is 0 Å². The lowest BCUT2D eigenvalue weighted by atomic mass is 9.74. The molecule has 0 spiro atoms. The average molecular weight is 582 g/mol. The fraction of sp³-hybridized carbons (Fsp3) is 0.676. The van der Waals surface area contributed by atoms with Crippen molar-refractivity contribution in [2.24, 2.45) is 32.9 Å². The van der Waals surface area contributed by atoms with Gasteiger partial charge in [-0.1, -0.05) is 65.8 Å². The molecular weight excluding hydrogens is 530 g/mol. The van der Waals surface area contributed by atoms with Crippen LogP contribution in [-0.2, 0) is 25.5 Å². The van der Waals surface area contributed by atoms with Crippen molar-refractivity contribution in [3.05, 3.63) is 35.4 Å². The summed E-state index contributed by atoms with van der Waals surface area (Å²) >= 11 is 0. The second-order valence-corrected chi connectivity index (χ2v) is 14.1. The molecule has 1 heterocycles. The first-order valence-electron chi connectivity index (χ1n) is 15.5. The van der Waals surface area contributed by atoms with Crippen LogP contribution in [-0.4, -0.2) is 54.9 Å². The number of carbonyl (C=O) groups is 3. The van der Waals surface area contributed by atoms with Crippen LogP contribution < -0.4 is 5.32 Å². The molecule has 0 radical (unpaired) electrons. The highest BCUT2D eigenvalue weighted by Crippen LogP contribution is 2.35. The summed E-state index contributed by atoms with van der Waals surface area (Å²) in [7, 11) is 0. The molecular formula is C34H51N3O5. The van der Waals surface area contributed by atoms with Gasteiger partial charge in [0.2, 0.25) is 0 Å². The molecule has 8 nitrogen and oxygen atoms in total. The molecule has 0 bridgehead atoms. The van der Waals surface area contributed by atoms with Crippen LogP contribution in [0.15, 0.2) is 34.5 Å². The van der Waals surface area contributed by atoms with Crippen LogP contribution in [0, 0.1) is 22.7 Å². The number of nitrogens with zero attached hydrogens (tertiary/aromatic N) is 2. The fourth-order valence-electron chi connectivity index (χ4n) is 5.71. The van der Waals surface area contributed by atoms with Crippen molar-refractivity contribution >= 4 is 29.1 Å². The van der Waals surface area contributed by atoms with Gasteiger partial charge < -0.3 is 14.8 Å². The van der Waals surface area contributed by atoms with Gasteiger partial charge in [-0.3, -0.25) is 9.59 Å². The van der Waals surface area contributed by atoms with Gasteiger partial charge in [0.1, 0.15) is 17.7 Å². The molecule has 232 valence electrons. The van der Waals surface area contributed by atoms with Crippen LogP contribution in [0.25, 0.3) is 0 Å². The summed E-state index contributed by atoms with van der Waals surface area (Å²) in [6.07, 6.45) is 5.16. The Morgan fingerprint density at radius 3 is 2.29 bits per heavy atom. The molecule has 3 atom stereocenters. The van der Waals surface area contributed by atoms with E-state index < -0.39 is 6.09 Å². The summed E-state index contributed by atoms with van der Waals surface area (Å²) in [6.45, 7) is 15.0. The number of amides is 1. The van der Waals surface area contributed by atoms with E-state index in [1.165, 1.54) is 0 Å². The van der Waals surface area contributed by atoms with Crippen molar-refractivity contribution < 1.29 is 23.9 Å². The predicted molar refractivity (Wildman–Crippen MR) is 167 cm³/mol. The largest absolute Gasteiger partial charge is 0.446 e. The van der Waals surface area contributed by atoms with Crippen LogP contribution in [0.3, 0.4) is 0 Å². The average Bonchev–Trinajstić information content (AvgIpc) is 2.87. The number of benzene rings is 1. The zero-order valence-electron chi connectivity index (χ0n) is 26.8. The molecule has 42 heavy (non-hydrogen) atoms. The highest BCUT2D eigenvalue weighted by Gasteiger charge is 2.35. The van der Waals surface area contributed by atoms with Crippen molar-refractivity contribution in [2.45, 2.75) is 106 Å². The number of carbonyl (C=O) groups excluding carboxylic acids is 3. The molecule has 1 aliphatic carbocycles. The molecule has 0 aromatic heterocycles. The molecule has 1 aliphatic heterocycles. The highest BCUT2D eigenvalue weighted by molar-refractivity contribution is 6.07. The van der Waals surface area contributed by atoms with Crippen LogP contribution in [0.2, 0.25) is 0 Å². The van der Waals surface area contributed by atoms with E-state index >= 15 is 0 Å². The zero-order valence-corrected chi connectivity index (χ0v) is 26.8. The maximum atomic E-state index is 12.4. The third-order valence-electron chi connectivity index (χ3n) is 8.01. The van der Waals surface area contributed by atoms with E-state index in [4.69, 9.17) is 9.47 Å². The third-order valence-corrected chi connectivity index (χ3v) is 8.01. The molecule has 1 aromatic rings. The number of rotatable bonds is 11. The van der Waals surface area contributed by atoms with Gasteiger partial charge in [0, 0.05) is 48.8 Å². The Labute approximate surface area is 252 Å². The summed E-state index contributed by atoms with van der Waals surface area (Å²) in [5, 5.41) is 11.9. The van der Waals surface area contributed by atoms with Crippen LogP contribution >= 0.6 is 0 Å². The monoisotopic (exact) mass is 581 g/mol. The number of hydrogen-bond acceptors (Lipinski definition) is 7. The standard InChI is InChI=1S/C34H51N3O5/c1-23-28-16-15-27(42-32(40)35-18-20-41-19-17-30(39)34(5,6)7)9-8-10-29(28)31(37-36-23)25-13-11-24(12-14-25)21-26(38)22-33(2,3)4/h11-14,27-29H,8-10,15-22H2,1-7H3,(H,35,40). The second-order valence-electron chi connectivity index (χ2n) is 14.1. The molecule has 3 unspecified atom stereocenters. The summed E-state index contributed by atoms with van der Waals surface area (Å²) < 4.78 is 11.3. The van der Waals surface area contributed by atoms with Crippen molar-refractivity contribution in [1.29, 1.82) is 0 Å². The SMILES string of the molecule is CC1=NN=C(c2ccc(CC(=O)CC(C)(C)C)cc2)C2CCCC(OC(=O)NCCOCCC(=O)C(C)(C)C)CCC12. The van der Waals surface area contributed by atoms with Gasteiger partial charge in [-0.2, -0.15) is 10.2 Å². The van der Waals surface area contributed by atoms with Crippen molar-refractivity contribution in [3.63, 3.8) is 0 Å². The van der Waals surface area contributed by atoms with E-state index in [1.54, 1.807) is 0 Å². The third kappa shape index (κ3) is 10.8. The predicted octanol–water partition coefficient (Wildman–Crippen LogP) is 6.73. The maximum Gasteiger partial charge on any atom is 0.407 e. The van der Waals surface area contributed by atoms with Gasteiger partial charge in [-0.25, -0.2) is 4.79 Å². The number of fused-ring (bicyclic) bond motifs is 1. The number of nitrogens with one attached hydrogen (secondary N) is 1. The molecule has 8 heteroatoms. The summed E-state index contributed by atoms with van der Waals surface area (Å²) in [4.78, 5) is 36.8. The van der Waals surface area contributed by atoms with Gasteiger partial charge >= 0.3 is 6.09 Å². The Kier molecular flexibility index (Phi) is 12.0. The number of alkyl carbamates (subject to hydrolysis) is 1. The molecule has 1 N–H and O–H groups in total. The molecule has 3 rings (SSSR count). The number of ether oxygens (including phenoxy) is 2. The van der Waals surface area contributed by atoms with Gasteiger partial charge in [0.25, 0.3) is 0 Å². The lowest BCUT2D eigenvalue weighted by Crippen LogP contribution is -2.36. The Hall–Kier alpha value is -2.87. The van der Waals surface area contributed by atoms with Gasteiger partial charge in [-0.05, 0) is 55.6 Å². The molecule has 1 aromatic carbocycles. The Balaban J connectivity index is 1.47. The highest BCUT2D eigenvalue weighted by atomic mass is 16.6. The van der Waals surface area contributed by atoms with Gasteiger partial charge in [0.05, 0.1) is 18.9 Å². The molecule has 0 saturated heterocycles. The molecule has 1 saturated carbocycles. The summed E-state index contributed by atoms with van der Waals surface area (Å²) in [5.74, 6) is 0.946. The summed E-state index contributed by atoms with van der Waals surface area (Å²) in [6, 6.07) is 8.24. The lowest BCUT2D eigenvalue weighted by Gasteiger charge is -2.34. The zero-order chi connectivity index (χ0) is 30.9. The molecule has 2 aliphatic rings. The van der Waals surface area contributed by atoms with Crippen molar-refractivity contribution in [3.8, 4) is 0 Å². The Bertz CT molecular complexity index is 1140. The molecule has 1 fully saturated rings. The van der Waals surface area contributed by atoms with Gasteiger partial charge in [0.15, 0.2) is 0 Å². The van der Waals surface area contributed by atoms with E-state index in [-0.39, 0.29) is 40.3 Å².